The molecule has 0 aliphatic carbocycles. The van der Waals surface area contributed by atoms with Crippen molar-refractivity contribution in [1.82, 2.24) is 15.5 Å². The van der Waals surface area contributed by atoms with Crippen LogP contribution in [-0.2, 0) is 12.8 Å². The molecule has 0 saturated heterocycles. The zero-order valence-corrected chi connectivity index (χ0v) is 10.2. The molecule has 2 rings (SSSR count). The molecule has 0 saturated carbocycles. The number of rotatable bonds is 5. The molecule has 0 spiro atoms. The molecule has 1 heterocycles. The second kappa shape index (κ2) is 5.59. The maximum Gasteiger partial charge on any atom is 0.227 e. The van der Waals surface area contributed by atoms with Crippen LogP contribution in [0.25, 0.3) is 0 Å². The molecule has 1 aromatic heterocycles. The van der Waals surface area contributed by atoms with Crippen LogP contribution in [0.15, 0.2) is 28.8 Å². The number of likely N-dealkylation sites (N-methyl/N-ethyl adjacent to an activating group) is 1. The fourth-order valence-electron chi connectivity index (χ4n) is 1.67. The summed E-state index contributed by atoms with van der Waals surface area (Å²) < 4.78 is 5.18. The average Bonchev–Trinajstić information content (AvgIpc) is 2.77. The molecular weight excluding hydrogens is 214 g/mol. The highest BCUT2D eigenvalue weighted by Gasteiger charge is 2.07. The first-order chi connectivity index (χ1) is 8.29. The van der Waals surface area contributed by atoms with Crippen LogP contribution in [0, 0.1) is 6.92 Å². The zero-order valence-electron chi connectivity index (χ0n) is 10.2. The molecule has 0 atom stereocenters. The minimum atomic E-state index is 0.697. The molecule has 0 radical (unpaired) electrons. The summed E-state index contributed by atoms with van der Waals surface area (Å²) in [4.78, 5) is 4.37. The number of nitrogens with one attached hydrogen (secondary N) is 1. The van der Waals surface area contributed by atoms with Crippen molar-refractivity contribution in [3.8, 4) is 0 Å². The first kappa shape index (κ1) is 11.8. The summed E-state index contributed by atoms with van der Waals surface area (Å²) in [6, 6.07) is 8.26. The van der Waals surface area contributed by atoms with E-state index >= 15 is 0 Å². The highest BCUT2D eigenvalue weighted by molar-refractivity contribution is 5.27. The SMILES string of the molecule is CNCCc1nc(Cc2ccccc2C)no1. The lowest BCUT2D eigenvalue weighted by molar-refractivity contribution is 0.372. The van der Waals surface area contributed by atoms with Gasteiger partial charge in [-0.1, -0.05) is 29.4 Å². The molecule has 1 N–H and O–H groups in total. The average molecular weight is 231 g/mol. The van der Waals surface area contributed by atoms with E-state index in [-0.39, 0.29) is 0 Å². The summed E-state index contributed by atoms with van der Waals surface area (Å²) in [5, 5.41) is 7.05. The number of benzene rings is 1. The standard InChI is InChI=1S/C13H17N3O/c1-10-5-3-4-6-11(10)9-12-15-13(17-16-12)7-8-14-2/h3-6,14H,7-9H2,1-2H3. The minimum Gasteiger partial charge on any atom is -0.339 e. The predicted molar refractivity (Wildman–Crippen MR) is 65.9 cm³/mol. The van der Waals surface area contributed by atoms with Gasteiger partial charge in [0.05, 0.1) is 0 Å². The quantitative estimate of drug-likeness (QED) is 0.851. The summed E-state index contributed by atoms with van der Waals surface area (Å²) in [5.74, 6) is 1.45. The summed E-state index contributed by atoms with van der Waals surface area (Å²) in [6.45, 7) is 2.95. The topological polar surface area (TPSA) is 51.0 Å². The maximum atomic E-state index is 5.18. The number of hydrogen-bond donors (Lipinski definition) is 1. The van der Waals surface area contributed by atoms with Crippen molar-refractivity contribution in [2.45, 2.75) is 19.8 Å². The molecular formula is C13H17N3O. The third-order valence-corrected chi connectivity index (χ3v) is 2.71. The lowest BCUT2D eigenvalue weighted by Crippen LogP contribution is -2.10. The second-order valence-corrected chi connectivity index (χ2v) is 4.06. The summed E-state index contributed by atoms with van der Waals surface area (Å²) in [5.41, 5.74) is 2.50. The van der Waals surface area contributed by atoms with E-state index in [9.17, 15) is 0 Å². The molecule has 0 aliphatic heterocycles. The van der Waals surface area contributed by atoms with Crippen molar-refractivity contribution in [2.24, 2.45) is 0 Å². The molecule has 0 fully saturated rings. The van der Waals surface area contributed by atoms with Crippen LogP contribution in [0.3, 0.4) is 0 Å². The molecule has 0 aliphatic rings. The Hall–Kier alpha value is -1.68. The van der Waals surface area contributed by atoms with Crippen LogP contribution >= 0.6 is 0 Å². The van der Waals surface area contributed by atoms with Crippen LogP contribution in [0.2, 0.25) is 0 Å². The second-order valence-electron chi connectivity index (χ2n) is 4.06. The molecule has 90 valence electrons. The largest absolute Gasteiger partial charge is 0.339 e. The van der Waals surface area contributed by atoms with Gasteiger partial charge >= 0.3 is 0 Å². The van der Waals surface area contributed by atoms with Crippen molar-refractivity contribution >= 4 is 0 Å². The van der Waals surface area contributed by atoms with Crippen molar-refractivity contribution in [2.75, 3.05) is 13.6 Å². The highest BCUT2D eigenvalue weighted by Crippen LogP contribution is 2.11. The minimum absolute atomic E-state index is 0.697. The van der Waals surface area contributed by atoms with E-state index in [1.807, 2.05) is 19.2 Å². The fraction of sp³-hybridized carbons (Fsp3) is 0.385. The van der Waals surface area contributed by atoms with Crippen LogP contribution < -0.4 is 5.32 Å². The summed E-state index contributed by atoms with van der Waals surface area (Å²) in [7, 11) is 1.91. The zero-order chi connectivity index (χ0) is 12.1. The molecule has 1 aromatic carbocycles. The van der Waals surface area contributed by atoms with Gasteiger partial charge in [-0.25, -0.2) is 0 Å². The van der Waals surface area contributed by atoms with E-state index < -0.39 is 0 Å². The molecule has 17 heavy (non-hydrogen) atoms. The van der Waals surface area contributed by atoms with Crippen LogP contribution in [-0.4, -0.2) is 23.7 Å². The molecule has 0 amide bonds. The van der Waals surface area contributed by atoms with Crippen LogP contribution in [0.5, 0.6) is 0 Å². The van der Waals surface area contributed by atoms with Gasteiger partial charge in [0.1, 0.15) is 0 Å². The lowest BCUT2D eigenvalue weighted by Gasteiger charge is -2.00. The van der Waals surface area contributed by atoms with E-state index in [0.29, 0.717) is 5.89 Å². The molecule has 4 heteroatoms. The van der Waals surface area contributed by atoms with Gasteiger partial charge in [-0.05, 0) is 25.1 Å². The van der Waals surface area contributed by atoms with Gasteiger partial charge in [-0.15, -0.1) is 0 Å². The monoisotopic (exact) mass is 231 g/mol. The summed E-state index contributed by atoms with van der Waals surface area (Å²) >= 11 is 0. The predicted octanol–water partition coefficient (Wildman–Crippen LogP) is 1.73. The van der Waals surface area contributed by atoms with E-state index in [2.05, 4.69) is 34.5 Å². The Morgan fingerprint density at radius 2 is 2.12 bits per heavy atom. The van der Waals surface area contributed by atoms with Gasteiger partial charge < -0.3 is 9.84 Å². The van der Waals surface area contributed by atoms with Gasteiger partial charge in [0.15, 0.2) is 5.82 Å². The Labute approximate surface area is 101 Å². The Bertz CT molecular complexity index is 479. The van der Waals surface area contributed by atoms with Crippen LogP contribution in [0.1, 0.15) is 22.8 Å². The van der Waals surface area contributed by atoms with E-state index in [0.717, 1.165) is 25.2 Å². The molecule has 0 bridgehead atoms. The Balaban J connectivity index is 2.04. The third-order valence-electron chi connectivity index (χ3n) is 2.71. The van der Waals surface area contributed by atoms with Crippen LogP contribution in [0.4, 0.5) is 0 Å². The first-order valence-corrected chi connectivity index (χ1v) is 5.80. The van der Waals surface area contributed by atoms with E-state index in [1.54, 1.807) is 0 Å². The van der Waals surface area contributed by atoms with Gasteiger partial charge in [0.2, 0.25) is 5.89 Å². The van der Waals surface area contributed by atoms with Gasteiger partial charge in [0, 0.05) is 19.4 Å². The first-order valence-electron chi connectivity index (χ1n) is 5.80. The van der Waals surface area contributed by atoms with Gasteiger partial charge in [0.25, 0.3) is 0 Å². The number of hydrogen-bond acceptors (Lipinski definition) is 4. The number of aryl methyl sites for hydroxylation is 1. The Kier molecular flexibility index (Phi) is 3.88. The van der Waals surface area contributed by atoms with Crippen molar-refractivity contribution in [1.29, 1.82) is 0 Å². The molecule has 4 nitrogen and oxygen atoms in total. The smallest absolute Gasteiger partial charge is 0.227 e. The number of aromatic nitrogens is 2. The fourth-order valence-corrected chi connectivity index (χ4v) is 1.67. The van der Waals surface area contributed by atoms with Crippen molar-refractivity contribution in [3.63, 3.8) is 0 Å². The Morgan fingerprint density at radius 1 is 1.29 bits per heavy atom. The Morgan fingerprint density at radius 3 is 2.88 bits per heavy atom. The highest BCUT2D eigenvalue weighted by atomic mass is 16.5. The van der Waals surface area contributed by atoms with Gasteiger partial charge in [-0.2, -0.15) is 4.98 Å². The van der Waals surface area contributed by atoms with Crippen molar-refractivity contribution < 1.29 is 4.52 Å². The van der Waals surface area contributed by atoms with E-state index in [1.165, 1.54) is 11.1 Å². The van der Waals surface area contributed by atoms with Gasteiger partial charge in [-0.3, -0.25) is 0 Å². The van der Waals surface area contributed by atoms with Crippen molar-refractivity contribution in [3.05, 3.63) is 47.1 Å². The maximum absolute atomic E-state index is 5.18. The molecule has 2 aromatic rings. The third kappa shape index (κ3) is 3.14. The lowest BCUT2D eigenvalue weighted by atomic mass is 10.1. The molecule has 0 unspecified atom stereocenters. The van der Waals surface area contributed by atoms with E-state index in [4.69, 9.17) is 4.52 Å². The summed E-state index contributed by atoms with van der Waals surface area (Å²) in [6.07, 6.45) is 1.51. The number of nitrogens with zero attached hydrogens (tertiary/aromatic N) is 2. The normalized spacial score (nSPS) is 10.7.